The smallest absolute Gasteiger partial charge is 0.253 e. The molecular formula is C20H20Cl2N2O2. The molecule has 1 aliphatic carbocycles. The van der Waals surface area contributed by atoms with Gasteiger partial charge in [0.05, 0.1) is 21.7 Å². The summed E-state index contributed by atoms with van der Waals surface area (Å²) in [6.45, 7) is 1.65. The molecule has 1 aliphatic rings. The molecule has 2 aromatic carbocycles. The molecule has 4 nitrogen and oxygen atoms in total. The highest BCUT2D eigenvalue weighted by molar-refractivity contribution is 6.43. The van der Waals surface area contributed by atoms with E-state index >= 15 is 0 Å². The summed E-state index contributed by atoms with van der Waals surface area (Å²) in [5, 5.41) is 6.21. The predicted octanol–water partition coefficient (Wildman–Crippen LogP) is 4.31. The highest BCUT2D eigenvalue weighted by Crippen LogP contribution is 2.29. The molecule has 2 unspecified atom stereocenters. The van der Waals surface area contributed by atoms with Crippen LogP contribution in [0.5, 0.6) is 0 Å². The molecular weight excluding hydrogens is 371 g/mol. The number of rotatable bonds is 4. The number of halogens is 2. The Hall–Kier alpha value is -2.04. The molecule has 2 N–H and O–H groups in total. The van der Waals surface area contributed by atoms with Crippen LogP contribution >= 0.6 is 23.2 Å². The molecule has 0 fully saturated rings. The molecule has 0 saturated carbocycles. The second-order valence-corrected chi connectivity index (χ2v) is 7.23. The lowest BCUT2D eigenvalue weighted by Crippen LogP contribution is -2.46. The normalized spacial score (nSPS) is 17.1. The molecule has 2 atom stereocenters. The Kier molecular flexibility index (Phi) is 5.84. The number of aryl methyl sites for hydroxylation is 1. The largest absolute Gasteiger partial charge is 0.348 e. The van der Waals surface area contributed by atoms with Crippen molar-refractivity contribution < 1.29 is 9.59 Å². The first-order valence-corrected chi connectivity index (χ1v) is 9.36. The summed E-state index contributed by atoms with van der Waals surface area (Å²) in [6, 6.07) is 12.3. The lowest BCUT2D eigenvalue weighted by atomic mass is 9.87. The summed E-state index contributed by atoms with van der Waals surface area (Å²) >= 11 is 12.0. The quantitative estimate of drug-likeness (QED) is 0.816. The van der Waals surface area contributed by atoms with Gasteiger partial charge in [0.2, 0.25) is 5.91 Å². The van der Waals surface area contributed by atoms with Crippen molar-refractivity contribution in [3.8, 4) is 0 Å². The Morgan fingerprint density at radius 2 is 1.88 bits per heavy atom. The molecule has 0 spiro atoms. The first-order chi connectivity index (χ1) is 12.5. The fraction of sp³-hybridized carbons (Fsp3) is 0.300. The van der Waals surface area contributed by atoms with Gasteiger partial charge >= 0.3 is 0 Å². The summed E-state index contributed by atoms with van der Waals surface area (Å²) in [5.41, 5.74) is 2.68. The number of carbonyl (C=O) groups excluding carboxylic acids is 2. The van der Waals surface area contributed by atoms with E-state index in [0.29, 0.717) is 5.02 Å². The maximum absolute atomic E-state index is 12.6. The van der Waals surface area contributed by atoms with Crippen LogP contribution < -0.4 is 10.6 Å². The van der Waals surface area contributed by atoms with Gasteiger partial charge in [-0.25, -0.2) is 0 Å². The van der Waals surface area contributed by atoms with E-state index in [-0.39, 0.29) is 22.5 Å². The molecule has 0 heterocycles. The zero-order chi connectivity index (χ0) is 18.7. The van der Waals surface area contributed by atoms with Crippen molar-refractivity contribution >= 4 is 35.0 Å². The number of fused-ring (bicyclic) bond motifs is 1. The summed E-state index contributed by atoms with van der Waals surface area (Å²) in [5.74, 6) is -0.651. The third kappa shape index (κ3) is 4.02. The standard InChI is InChI=1S/C20H20Cl2N2O2/c1-12(23-20(26)15-9-5-10-16(21)18(15)22)19(25)24-17-11-4-7-13-6-2-3-8-14(13)17/h2-3,5-6,8-10,12,17H,4,7,11H2,1H3,(H,23,26)(H,24,25). The van der Waals surface area contributed by atoms with Gasteiger partial charge in [0, 0.05) is 0 Å². The summed E-state index contributed by atoms with van der Waals surface area (Å²) < 4.78 is 0. The zero-order valence-electron chi connectivity index (χ0n) is 14.4. The molecule has 2 amide bonds. The van der Waals surface area contributed by atoms with Crippen molar-refractivity contribution in [3.63, 3.8) is 0 Å². The van der Waals surface area contributed by atoms with Gasteiger partial charge in [0.15, 0.2) is 0 Å². The van der Waals surface area contributed by atoms with Gasteiger partial charge in [0.1, 0.15) is 6.04 Å². The van der Waals surface area contributed by atoms with Gasteiger partial charge in [-0.2, -0.15) is 0 Å². The summed E-state index contributed by atoms with van der Waals surface area (Å²) in [6.07, 6.45) is 2.95. The summed E-state index contributed by atoms with van der Waals surface area (Å²) in [4.78, 5) is 24.9. The molecule has 0 radical (unpaired) electrons. The first-order valence-electron chi connectivity index (χ1n) is 8.60. The molecule has 136 valence electrons. The SMILES string of the molecule is CC(NC(=O)c1cccc(Cl)c1Cl)C(=O)NC1CCCc2ccccc21. The van der Waals surface area contributed by atoms with Gasteiger partial charge < -0.3 is 10.6 Å². The second kappa shape index (κ2) is 8.11. The Morgan fingerprint density at radius 1 is 1.12 bits per heavy atom. The van der Waals surface area contributed by atoms with Crippen molar-refractivity contribution in [2.75, 3.05) is 0 Å². The van der Waals surface area contributed by atoms with Crippen LogP contribution in [0.3, 0.4) is 0 Å². The van der Waals surface area contributed by atoms with Crippen LogP contribution in [0.2, 0.25) is 10.0 Å². The van der Waals surface area contributed by atoms with Crippen LogP contribution in [0.4, 0.5) is 0 Å². The third-order valence-electron chi connectivity index (χ3n) is 4.62. The van der Waals surface area contributed by atoms with Crippen molar-refractivity contribution in [2.45, 2.75) is 38.3 Å². The van der Waals surface area contributed by atoms with Gasteiger partial charge in [-0.05, 0) is 49.4 Å². The van der Waals surface area contributed by atoms with Gasteiger partial charge in [-0.3, -0.25) is 9.59 Å². The van der Waals surface area contributed by atoms with Crippen molar-refractivity contribution in [2.24, 2.45) is 0 Å². The minimum Gasteiger partial charge on any atom is -0.348 e. The van der Waals surface area contributed by atoms with Crippen LogP contribution in [0.25, 0.3) is 0 Å². The monoisotopic (exact) mass is 390 g/mol. The van der Waals surface area contributed by atoms with E-state index in [9.17, 15) is 9.59 Å². The van der Waals surface area contributed by atoms with Gasteiger partial charge in [-0.1, -0.05) is 53.5 Å². The van der Waals surface area contributed by atoms with E-state index in [2.05, 4.69) is 22.8 Å². The van der Waals surface area contributed by atoms with E-state index in [4.69, 9.17) is 23.2 Å². The fourth-order valence-electron chi connectivity index (χ4n) is 3.22. The van der Waals surface area contributed by atoms with E-state index in [1.54, 1.807) is 25.1 Å². The molecule has 3 rings (SSSR count). The molecule has 0 saturated heterocycles. The maximum Gasteiger partial charge on any atom is 0.253 e. The Balaban J connectivity index is 1.65. The third-order valence-corrected chi connectivity index (χ3v) is 5.44. The number of hydrogen-bond donors (Lipinski definition) is 2. The zero-order valence-corrected chi connectivity index (χ0v) is 15.9. The highest BCUT2D eigenvalue weighted by atomic mass is 35.5. The predicted molar refractivity (Wildman–Crippen MR) is 104 cm³/mol. The van der Waals surface area contributed by atoms with Crippen molar-refractivity contribution in [1.29, 1.82) is 0 Å². The molecule has 0 bridgehead atoms. The minimum absolute atomic E-state index is 0.0263. The van der Waals surface area contributed by atoms with Crippen LogP contribution in [0.1, 0.15) is 47.3 Å². The lowest BCUT2D eigenvalue weighted by Gasteiger charge is -2.27. The van der Waals surface area contributed by atoms with Gasteiger partial charge in [0.25, 0.3) is 5.91 Å². The summed E-state index contributed by atoms with van der Waals surface area (Å²) in [7, 11) is 0. The molecule has 2 aromatic rings. The van der Waals surface area contributed by atoms with Gasteiger partial charge in [-0.15, -0.1) is 0 Å². The Bertz CT molecular complexity index is 838. The molecule has 26 heavy (non-hydrogen) atoms. The van der Waals surface area contributed by atoms with Crippen molar-refractivity contribution in [1.82, 2.24) is 10.6 Å². The Labute approximate surface area is 162 Å². The molecule has 6 heteroatoms. The average Bonchev–Trinajstić information content (AvgIpc) is 2.64. The van der Waals surface area contributed by atoms with Crippen LogP contribution in [-0.4, -0.2) is 17.9 Å². The van der Waals surface area contributed by atoms with Crippen molar-refractivity contribution in [3.05, 3.63) is 69.2 Å². The highest BCUT2D eigenvalue weighted by Gasteiger charge is 2.25. The second-order valence-electron chi connectivity index (χ2n) is 6.45. The molecule has 0 aromatic heterocycles. The maximum atomic E-state index is 12.6. The van der Waals surface area contributed by atoms with Crippen LogP contribution in [0, 0.1) is 0 Å². The topological polar surface area (TPSA) is 58.2 Å². The van der Waals surface area contributed by atoms with E-state index in [1.807, 2.05) is 12.1 Å². The van der Waals surface area contributed by atoms with E-state index in [0.717, 1.165) is 24.8 Å². The lowest BCUT2D eigenvalue weighted by molar-refractivity contribution is -0.123. The number of nitrogens with one attached hydrogen (secondary N) is 2. The number of hydrogen-bond acceptors (Lipinski definition) is 2. The molecule has 0 aliphatic heterocycles. The minimum atomic E-state index is -0.688. The number of carbonyl (C=O) groups is 2. The van der Waals surface area contributed by atoms with Crippen LogP contribution in [-0.2, 0) is 11.2 Å². The number of amides is 2. The Morgan fingerprint density at radius 3 is 2.69 bits per heavy atom. The fourth-order valence-corrected chi connectivity index (χ4v) is 3.61. The van der Waals surface area contributed by atoms with E-state index in [1.165, 1.54) is 5.56 Å². The average molecular weight is 391 g/mol. The van der Waals surface area contributed by atoms with E-state index < -0.39 is 11.9 Å². The first kappa shape index (κ1) is 18.7. The number of benzene rings is 2. The van der Waals surface area contributed by atoms with Crippen LogP contribution in [0.15, 0.2) is 42.5 Å².